The molecule has 8 rings (SSSR count). The molecular formula is C47H35Cl2CoN8O5-. The molecule has 0 spiro atoms. The van der Waals surface area contributed by atoms with Gasteiger partial charge in [-0.05, 0) is 111 Å². The Labute approximate surface area is 381 Å². The molecule has 3 N–H and O–H groups in total. The third kappa shape index (κ3) is 10.4. The van der Waals surface area contributed by atoms with Gasteiger partial charge in [-0.3, -0.25) is 24.6 Å². The number of halogens is 2. The number of hydrogen-bond donors (Lipinski definition) is 3. The average Bonchev–Trinajstić information content (AvgIpc) is 3.73. The van der Waals surface area contributed by atoms with Gasteiger partial charge in [0.15, 0.2) is 0 Å². The number of aromatic carboxylic acids is 2. The minimum Gasteiger partial charge on any atom is -0.493 e. The standard InChI is InChI=1S/C24H18ClN4O2.C23H17ClN4O3.Co/c1-15-21(16(2)29(28-15)19-7-5-6-18(25)13-19)14-27-23-10-9-17(12-20(23)24(30)31)22-8-3-4-11-26-22;1-14-19(22(29)28(27-14)17-6-4-5-16(24)12-17)13-26-21-9-8-15(11-18(21)23(30)31)20-7-2-3-10-25-20;/h3-14H,2H2,1H3,(H,30,31);2-13,29H,1H3,(H,30,31);/q-1;;. The summed E-state index contributed by atoms with van der Waals surface area (Å²) >= 11 is 12.1. The summed E-state index contributed by atoms with van der Waals surface area (Å²) in [5.74, 6) is -2.29. The van der Waals surface area contributed by atoms with Crippen LogP contribution in [0.5, 0.6) is 5.88 Å². The first-order valence-electron chi connectivity index (χ1n) is 18.8. The minimum atomic E-state index is -1.11. The van der Waals surface area contributed by atoms with Crippen LogP contribution in [0.3, 0.4) is 0 Å². The summed E-state index contributed by atoms with van der Waals surface area (Å²) in [6.07, 6.45) is 6.30. The molecule has 0 aliphatic rings. The van der Waals surface area contributed by atoms with Crippen molar-refractivity contribution in [3.05, 3.63) is 190 Å². The zero-order valence-electron chi connectivity index (χ0n) is 33.4. The van der Waals surface area contributed by atoms with Crippen molar-refractivity contribution in [1.29, 1.82) is 0 Å². The van der Waals surface area contributed by atoms with Gasteiger partial charge in [-0.25, -0.2) is 21.2 Å². The van der Waals surface area contributed by atoms with Crippen molar-refractivity contribution >= 4 is 58.9 Å². The van der Waals surface area contributed by atoms with Gasteiger partial charge in [-0.2, -0.15) is 10.2 Å². The molecule has 4 heterocycles. The van der Waals surface area contributed by atoms with Gasteiger partial charge in [0.2, 0.25) is 5.88 Å². The first kappa shape index (κ1) is 45.2. The molecule has 16 heteroatoms. The number of pyridine rings is 2. The van der Waals surface area contributed by atoms with Crippen molar-refractivity contribution in [3.63, 3.8) is 0 Å². The number of aromatic hydroxyl groups is 1. The summed E-state index contributed by atoms with van der Waals surface area (Å²) in [6, 6.07) is 35.1. The van der Waals surface area contributed by atoms with E-state index in [1.807, 2.05) is 43.3 Å². The van der Waals surface area contributed by atoms with Crippen molar-refractivity contribution in [2.45, 2.75) is 13.8 Å². The van der Waals surface area contributed by atoms with E-state index in [-0.39, 0.29) is 39.5 Å². The molecule has 0 atom stereocenters. The van der Waals surface area contributed by atoms with E-state index in [9.17, 15) is 24.9 Å². The molecule has 0 aliphatic heterocycles. The summed E-state index contributed by atoms with van der Waals surface area (Å²) in [5, 5.41) is 40.0. The van der Waals surface area contributed by atoms with Gasteiger partial charge < -0.3 is 15.3 Å². The number of carbonyl (C=O) groups is 2. The predicted octanol–water partition coefficient (Wildman–Crippen LogP) is 10.6. The Hall–Kier alpha value is -7.36. The van der Waals surface area contributed by atoms with Gasteiger partial charge in [0.05, 0.1) is 56.5 Å². The second kappa shape index (κ2) is 20.0. The van der Waals surface area contributed by atoms with Gasteiger partial charge in [-0.1, -0.05) is 65.3 Å². The van der Waals surface area contributed by atoms with Crippen LogP contribution < -0.4 is 0 Å². The van der Waals surface area contributed by atoms with Crippen LogP contribution in [0.1, 0.15) is 48.9 Å². The van der Waals surface area contributed by atoms with Crippen molar-refractivity contribution in [1.82, 2.24) is 29.5 Å². The minimum absolute atomic E-state index is 0. The first-order chi connectivity index (χ1) is 29.9. The summed E-state index contributed by atoms with van der Waals surface area (Å²) in [7, 11) is 0. The Balaban J connectivity index is 0.000000206. The molecule has 317 valence electrons. The van der Waals surface area contributed by atoms with E-state index < -0.39 is 11.9 Å². The van der Waals surface area contributed by atoms with Crippen LogP contribution in [0, 0.1) is 20.8 Å². The molecule has 4 aromatic carbocycles. The van der Waals surface area contributed by atoms with E-state index in [0.717, 1.165) is 11.4 Å². The normalized spacial score (nSPS) is 11.0. The van der Waals surface area contributed by atoms with Crippen LogP contribution in [0.4, 0.5) is 11.4 Å². The van der Waals surface area contributed by atoms with Crippen LogP contribution >= 0.6 is 23.2 Å². The molecule has 0 aliphatic carbocycles. The Bertz CT molecular complexity index is 2810. The summed E-state index contributed by atoms with van der Waals surface area (Å²) < 4.78 is 3.04. The van der Waals surface area contributed by atoms with Crippen LogP contribution in [0.15, 0.2) is 144 Å². The molecule has 0 unspecified atom stereocenters. The van der Waals surface area contributed by atoms with Crippen molar-refractivity contribution < 1.29 is 41.7 Å². The molecule has 0 amide bonds. The zero-order valence-corrected chi connectivity index (χ0v) is 35.9. The Kier molecular flexibility index (Phi) is 14.3. The molecule has 13 nitrogen and oxygen atoms in total. The third-order valence-corrected chi connectivity index (χ3v) is 9.90. The summed E-state index contributed by atoms with van der Waals surface area (Å²) in [4.78, 5) is 40.9. The van der Waals surface area contributed by atoms with E-state index >= 15 is 0 Å². The van der Waals surface area contributed by atoms with Gasteiger partial charge in [0.1, 0.15) is 0 Å². The number of aryl methyl sites for hydroxylation is 2. The van der Waals surface area contributed by atoms with Gasteiger partial charge in [-0.15, -0.1) is 5.56 Å². The first-order valence-corrected chi connectivity index (χ1v) is 19.5. The van der Waals surface area contributed by atoms with Crippen LogP contribution in [-0.2, 0) is 16.8 Å². The van der Waals surface area contributed by atoms with Crippen LogP contribution in [0.25, 0.3) is 33.9 Å². The maximum absolute atomic E-state index is 11.8. The number of aliphatic imine (C=N–C) groups is 2. The Morgan fingerprint density at radius 1 is 0.619 bits per heavy atom. The van der Waals surface area contributed by atoms with E-state index in [2.05, 4.69) is 37.1 Å². The van der Waals surface area contributed by atoms with Crippen LogP contribution in [-0.4, -0.2) is 69.2 Å². The number of rotatable bonds is 10. The quantitative estimate of drug-likeness (QED) is 0.0888. The van der Waals surface area contributed by atoms with Crippen LogP contribution in [0.2, 0.25) is 10.0 Å². The molecule has 0 saturated heterocycles. The van der Waals surface area contributed by atoms with Gasteiger partial charge >= 0.3 is 11.9 Å². The molecule has 63 heavy (non-hydrogen) atoms. The molecule has 0 bridgehead atoms. The summed E-state index contributed by atoms with van der Waals surface area (Å²) in [5.41, 5.74) is 7.79. The average molecular weight is 922 g/mol. The second-order valence-electron chi connectivity index (χ2n) is 13.6. The maximum Gasteiger partial charge on any atom is 0.337 e. The number of benzene rings is 4. The fourth-order valence-corrected chi connectivity index (χ4v) is 6.71. The molecular weight excluding hydrogens is 886 g/mol. The molecule has 4 aromatic heterocycles. The Morgan fingerprint density at radius 3 is 1.54 bits per heavy atom. The van der Waals surface area contributed by atoms with E-state index in [0.29, 0.717) is 66.4 Å². The number of aromatic nitrogens is 6. The monoisotopic (exact) mass is 920 g/mol. The van der Waals surface area contributed by atoms with E-state index in [1.165, 1.54) is 17.0 Å². The fourth-order valence-electron chi connectivity index (χ4n) is 6.34. The molecule has 8 aromatic rings. The molecule has 0 saturated carbocycles. The SMILES string of the molecule is Cc1nn(-c2cccc(Cl)c2)c(O)c1C=Nc1ccc(-c2ccccn2)cc1C(=O)O.[CH2-]c1c(C=Nc2ccc(-c3ccccn3)cc2C(=O)O)c(C)nn1-c1cccc(Cl)c1.[Co]. The maximum atomic E-state index is 11.8. The number of carboxylic acids is 2. The van der Waals surface area contributed by atoms with Crippen molar-refractivity contribution in [2.24, 2.45) is 9.98 Å². The smallest absolute Gasteiger partial charge is 0.337 e. The predicted molar refractivity (Wildman–Crippen MR) is 241 cm³/mol. The second-order valence-corrected chi connectivity index (χ2v) is 14.4. The number of carboxylic acid groups (broad SMARTS) is 2. The van der Waals surface area contributed by atoms with E-state index in [4.69, 9.17) is 23.2 Å². The van der Waals surface area contributed by atoms with Gasteiger partial charge in [0, 0.05) is 56.6 Å². The van der Waals surface area contributed by atoms with E-state index in [1.54, 1.807) is 109 Å². The van der Waals surface area contributed by atoms with Crippen molar-refractivity contribution in [3.8, 4) is 39.8 Å². The molecule has 0 fully saturated rings. The molecule has 1 radical (unpaired) electrons. The Morgan fingerprint density at radius 2 is 1.08 bits per heavy atom. The fraction of sp³-hybridized carbons (Fsp3) is 0.0426. The largest absolute Gasteiger partial charge is 0.493 e. The number of hydrogen-bond acceptors (Lipinski definition) is 9. The summed E-state index contributed by atoms with van der Waals surface area (Å²) in [6.45, 7) is 7.69. The van der Waals surface area contributed by atoms with Gasteiger partial charge in [0.25, 0.3) is 0 Å². The topological polar surface area (TPSA) is 181 Å². The van der Waals surface area contributed by atoms with Crippen molar-refractivity contribution in [2.75, 3.05) is 0 Å². The zero-order chi connectivity index (χ0) is 43.9. The number of nitrogens with zero attached hydrogens (tertiary/aromatic N) is 8. The third-order valence-electron chi connectivity index (χ3n) is 9.43.